The van der Waals surface area contributed by atoms with Gasteiger partial charge in [0.15, 0.2) is 0 Å². The van der Waals surface area contributed by atoms with Crippen LogP contribution in [0.15, 0.2) is 61.2 Å². The first-order chi connectivity index (χ1) is 8.79. The second-order valence-corrected chi connectivity index (χ2v) is 3.93. The molecule has 0 spiro atoms. The predicted molar refractivity (Wildman–Crippen MR) is 76.7 cm³/mol. The molecule has 0 amide bonds. The number of ether oxygens (including phenoxy) is 1. The topological polar surface area (TPSA) is 21.3 Å². The van der Waals surface area contributed by atoms with E-state index in [9.17, 15) is 0 Å². The highest BCUT2D eigenvalue weighted by Crippen LogP contribution is 2.19. The van der Waals surface area contributed by atoms with E-state index in [1.54, 1.807) is 0 Å². The van der Waals surface area contributed by atoms with Crippen LogP contribution in [0.2, 0.25) is 0 Å². The van der Waals surface area contributed by atoms with Crippen LogP contribution in [0.25, 0.3) is 5.70 Å². The molecular formula is C16H17NO. The third kappa shape index (κ3) is 3.14. The lowest BCUT2D eigenvalue weighted by Crippen LogP contribution is -1.97. The molecule has 2 heteroatoms. The second kappa shape index (κ2) is 5.92. The maximum atomic E-state index is 5.41. The zero-order valence-corrected chi connectivity index (χ0v) is 10.5. The van der Waals surface area contributed by atoms with Gasteiger partial charge in [0, 0.05) is 11.4 Å². The van der Waals surface area contributed by atoms with Gasteiger partial charge < -0.3 is 10.1 Å². The van der Waals surface area contributed by atoms with Crippen molar-refractivity contribution in [2.24, 2.45) is 0 Å². The molecule has 92 valence electrons. The minimum absolute atomic E-state index is 0.683. The molecule has 2 nitrogen and oxygen atoms in total. The van der Waals surface area contributed by atoms with Crippen molar-refractivity contribution in [2.75, 3.05) is 11.9 Å². The Labute approximate surface area is 108 Å². The number of rotatable bonds is 5. The van der Waals surface area contributed by atoms with Crippen LogP contribution in [0.4, 0.5) is 5.69 Å². The molecule has 2 aromatic carbocycles. The molecule has 18 heavy (non-hydrogen) atoms. The summed E-state index contributed by atoms with van der Waals surface area (Å²) in [5, 5.41) is 3.27. The van der Waals surface area contributed by atoms with Gasteiger partial charge in [0.1, 0.15) is 5.75 Å². The summed E-state index contributed by atoms with van der Waals surface area (Å²) < 4.78 is 5.41. The Morgan fingerprint density at radius 2 is 1.72 bits per heavy atom. The molecule has 0 heterocycles. The van der Waals surface area contributed by atoms with Crippen LogP contribution in [0.3, 0.4) is 0 Å². The fourth-order valence-corrected chi connectivity index (χ4v) is 1.69. The molecule has 0 unspecified atom stereocenters. The molecule has 1 N–H and O–H groups in total. The van der Waals surface area contributed by atoms with Crippen LogP contribution in [-0.4, -0.2) is 6.61 Å². The van der Waals surface area contributed by atoms with Crippen molar-refractivity contribution in [2.45, 2.75) is 6.92 Å². The Hall–Kier alpha value is -2.22. The Kier molecular flexibility index (Phi) is 4.02. The van der Waals surface area contributed by atoms with E-state index in [0.717, 1.165) is 22.7 Å². The summed E-state index contributed by atoms with van der Waals surface area (Å²) in [6.45, 7) is 6.70. The van der Waals surface area contributed by atoms with E-state index in [2.05, 4.69) is 11.9 Å². The molecule has 0 aliphatic carbocycles. The van der Waals surface area contributed by atoms with Gasteiger partial charge in [-0.05, 0) is 48.9 Å². The molecule has 0 radical (unpaired) electrons. The first-order valence-corrected chi connectivity index (χ1v) is 6.04. The monoisotopic (exact) mass is 239 g/mol. The zero-order valence-electron chi connectivity index (χ0n) is 10.5. The predicted octanol–water partition coefficient (Wildman–Crippen LogP) is 4.17. The van der Waals surface area contributed by atoms with E-state index >= 15 is 0 Å². The molecule has 0 saturated carbocycles. The van der Waals surface area contributed by atoms with Gasteiger partial charge in [-0.1, -0.05) is 24.8 Å². The third-order valence-corrected chi connectivity index (χ3v) is 2.58. The summed E-state index contributed by atoms with van der Waals surface area (Å²) in [5.74, 6) is 0.883. The number of hydrogen-bond acceptors (Lipinski definition) is 2. The van der Waals surface area contributed by atoms with Gasteiger partial charge in [-0.25, -0.2) is 0 Å². The average Bonchev–Trinajstić information content (AvgIpc) is 2.41. The van der Waals surface area contributed by atoms with Crippen LogP contribution in [0.1, 0.15) is 12.5 Å². The minimum Gasteiger partial charge on any atom is -0.494 e. The lowest BCUT2D eigenvalue weighted by atomic mass is 10.1. The SMILES string of the molecule is C=C(Nc1ccccc1)c1ccc(OCC)cc1. The molecular weight excluding hydrogens is 222 g/mol. The maximum absolute atomic E-state index is 5.41. The smallest absolute Gasteiger partial charge is 0.119 e. The second-order valence-electron chi connectivity index (χ2n) is 3.93. The zero-order chi connectivity index (χ0) is 12.8. The number of para-hydroxylation sites is 1. The van der Waals surface area contributed by atoms with Crippen LogP contribution < -0.4 is 10.1 Å². The van der Waals surface area contributed by atoms with Crippen LogP contribution >= 0.6 is 0 Å². The number of hydrogen-bond donors (Lipinski definition) is 1. The normalized spacial score (nSPS) is 9.83. The first kappa shape index (κ1) is 12.2. The van der Waals surface area contributed by atoms with Crippen molar-refractivity contribution in [1.82, 2.24) is 0 Å². The molecule has 0 aliphatic rings. The molecule has 0 aromatic heterocycles. The molecule has 2 rings (SSSR count). The number of nitrogens with one attached hydrogen (secondary N) is 1. The average molecular weight is 239 g/mol. The fourth-order valence-electron chi connectivity index (χ4n) is 1.69. The maximum Gasteiger partial charge on any atom is 0.119 e. The van der Waals surface area contributed by atoms with E-state index in [0.29, 0.717) is 6.61 Å². The Morgan fingerprint density at radius 1 is 1.06 bits per heavy atom. The molecule has 0 aliphatic heterocycles. The molecule has 0 saturated heterocycles. The lowest BCUT2D eigenvalue weighted by Gasteiger charge is -2.10. The minimum atomic E-state index is 0.683. The standard InChI is InChI=1S/C16H17NO/c1-3-18-16-11-9-14(10-12-16)13(2)17-15-7-5-4-6-8-15/h4-12,17H,2-3H2,1H3. The lowest BCUT2D eigenvalue weighted by molar-refractivity contribution is 0.340. The summed E-state index contributed by atoms with van der Waals surface area (Å²) in [7, 11) is 0. The van der Waals surface area contributed by atoms with E-state index in [-0.39, 0.29) is 0 Å². The summed E-state index contributed by atoms with van der Waals surface area (Å²) in [5.41, 5.74) is 2.97. The first-order valence-electron chi connectivity index (χ1n) is 6.04. The molecule has 2 aromatic rings. The van der Waals surface area contributed by atoms with Crippen molar-refractivity contribution in [3.8, 4) is 5.75 Å². The highest BCUT2D eigenvalue weighted by Gasteiger charge is 2.00. The van der Waals surface area contributed by atoms with E-state index < -0.39 is 0 Å². The van der Waals surface area contributed by atoms with Crippen LogP contribution in [0.5, 0.6) is 5.75 Å². The molecule has 0 bridgehead atoms. The molecule has 0 fully saturated rings. The van der Waals surface area contributed by atoms with Crippen LogP contribution in [0, 0.1) is 0 Å². The van der Waals surface area contributed by atoms with Crippen molar-refractivity contribution >= 4 is 11.4 Å². The van der Waals surface area contributed by atoms with E-state index in [4.69, 9.17) is 4.74 Å². The van der Waals surface area contributed by atoms with Gasteiger partial charge in [-0.2, -0.15) is 0 Å². The fraction of sp³-hybridized carbons (Fsp3) is 0.125. The largest absolute Gasteiger partial charge is 0.494 e. The number of benzene rings is 2. The Bertz CT molecular complexity index is 502. The highest BCUT2D eigenvalue weighted by atomic mass is 16.5. The van der Waals surface area contributed by atoms with E-state index in [1.165, 1.54) is 0 Å². The van der Waals surface area contributed by atoms with Crippen molar-refractivity contribution in [3.63, 3.8) is 0 Å². The Morgan fingerprint density at radius 3 is 2.33 bits per heavy atom. The highest BCUT2D eigenvalue weighted by molar-refractivity contribution is 5.75. The van der Waals surface area contributed by atoms with Gasteiger partial charge in [0.25, 0.3) is 0 Å². The van der Waals surface area contributed by atoms with Gasteiger partial charge in [-0.3, -0.25) is 0 Å². The van der Waals surface area contributed by atoms with Gasteiger partial charge in [0.05, 0.1) is 6.61 Å². The summed E-state index contributed by atoms with van der Waals surface area (Å²) in [4.78, 5) is 0. The summed E-state index contributed by atoms with van der Waals surface area (Å²) in [6, 6.07) is 17.9. The number of anilines is 1. The van der Waals surface area contributed by atoms with Gasteiger partial charge >= 0.3 is 0 Å². The third-order valence-electron chi connectivity index (χ3n) is 2.58. The van der Waals surface area contributed by atoms with Crippen molar-refractivity contribution < 1.29 is 4.74 Å². The molecule has 0 atom stereocenters. The van der Waals surface area contributed by atoms with Gasteiger partial charge in [0.2, 0.25) is 0 Å². The van der Waals surface area contributed by atoms with Crippen LogP contribution in [-0.2, 0) is 0 Å². The quantitative estimate of drug-likeness (QED) is 0.845. The summed E-state index contributed by atoms with van der Waals surface area (Å²) in [6.07, 6.45) is 0. The van der Waals surface area contributed by atoms with E-state index in [1.807, 2.05) is 61.5 Å². The van der Waals surface area contributed by atoms with Crippen molar-refractivity contribution in [3.05, 3.63) is 66.7 Å². The summed E-state index contributed by atoms with van der Waals surface area (Å²) >= 11 is 0. The van der Waals surface area contributed by atoms with Crippen molar-refractivity contribution in [1.29, 1.82) is 0 Å². The van der Waals surface area contributed by atoms with Gasteiger partial charge in [-0.15, -0.1) is 0 Å². The Balaban J connectivity index is 2.05.